The van der Waals surface area contributed by atoms with Crippen molar-refractivity contribution in [3.05, 3.63) is 41.2 Å². The number of nitrogens with zero attached hydrogens (tertiary/aromatic N) is 4. The molecule has 0 aliphatic carbocycles. The first-order valence-corrected chi connectivity index (χ1v) is 6.35. The highest BCUT2D eigenvalue weighted by Crippen LogP contribution is 2.27. The van der Waals surface area contributed by atoms with E-state index in [1.54, 1.807) is 18.6 Å². The van der Waals surface area contributed by atoms with E-state index in [0.717, 1.165) is 24.3 Å². The first kappa shape index (κ1) is 13.0. The van der Waals surface area contributed by atoms with E-state index in [1.807, 2.05) is 11.6 Å². The largest absolute Gasteiger partial charge is 0.305 e. The lowest BCUT2D eigenvalue weighted by Gasteiger charge is -2.19. The molecule has 0 aromatic carbocycles. The number of nitrogens with one attached hydrogen (secondary N) is 1. The quantitative estimate of drug-likeness (QED) is 0.899. The number of hydrogen-bond donors (Lipinski definition) is 1. The van der Waals surface area contributed by atoms with Crippen LogP contribution < -0.4 is 5.32 Å². The molecule has 0 fully saturated rings. The Balaban J connectivity index is 2.44. The summed E-state index contributed by atoms with van der Waals surface area (Å²) in [6.45, 7) is 5.69. The minimum Gasteiger partial charge on any atom is -0.305 e. The fourth-order valence-electron chi connectivity index (χ4n) is 1.95. The van der Waals surface area contributed by atoms with E-state index in [1.165, 1.54) is 6.33 Å². The molecular formula is C12H16ClN5. The standard InChI is InChI=1S/C12H16ClN5/c1-3-16-11(9-5-14-8-15-6-9)12-10(13)7-17-18(12)4-2/h5-8,11,16H,3-4H2,1-2H3. The zero-order chi connectivity index (χ0) is 13.0. The van der Waals surface area contributed by atoms with Gasteiger partial charge in [0.25, 0.3) is 0 Å². The fourth-order valence-corrected chi connectivity index (χ4v) is 2.20. The minimum atomic E-state index is -0.0360. The van der Waals surface area contributed by atoms with E-state index in [-0.39, 0.29) is 6.04 Å². The van der Waals surface area contributed by atoms with E-state index >= 15 is 0 Å². The van der Waals surface area contributed by atoms with Crippen LogP contribution in [0.5, 0.6) is 0 Å². The Bertz CT molecular complexity index is 496. The van der Waals surface area contributed by atoms with Crippen LogP contribution in [0.2, 0.25) is 5.02 Å². The van der Waals surface area contributed by atoms with Crippen LogP contribution >= 0.6 is 11.6 Å². The molecule has 2 aromatic rings. The normalized spacial score (nSPS) is 12.6. The molecule has 0 amide bonds. The highest BCUT2D eigenvalue weighted by atomic mass is 35.5. The maximum absolute atomic E-state index is 6.24. The molecule has 2 aromatic heterocycles. The average molecular weight is 266 g/mol. The molecule has 0 saturated heterocycles. The Morgan fingerprint density at radius 3 is 2.61 bits per heavy atom. The van der Waals surface area contributed by atoms with Gasteiger partial charge < -0.3 is 5.32 Å². The molecule has 0 radical (unpaired) electrons. The highest BCUT2D eigenvalue weighted by Gasteiger charge is 2.21. The van der Waals surface area contributed by atoms with Gasteiger partial charge in [-0.25, -0.2) is 9.97 Å². The summed E-state index contributed by atoms with van der Waals surface area (Å²) >= 11 is 6.24. The SMILES string of the molecule is CCNC(c1cncnc1)c1c(Cl)cnn1CC. The molecule has 18 heavy (non-hydrogen) atoms. The fraction of sp³-hybridized carbons (Fsp3) is 0.417. The summed E-state index contributed by atoms with van der Waals surface area (Å²) in [5.74, 6) is 0. The predicted octanol–water partition coefficient (Wildman–Crippen LogP) is 2.05. The van der Waals surface area contributed by atoms with Gasteiger partial charge in [0.1, 0.15) is 6.33 Å². The summed E-state index contributed by atoms with van der Waals surface area (Å²) in [4.78, 5) is 8.12. The molecule has 5 nitrogen and oxygen atoms in total. The van der Waals surface area contributed by atoms with Gasteiger partial charge in [-0.2, -0.15) is 5.10 Å². The van der Waals surface area contributed by atoms with Crippen LogP contribution in [0.4, 0.5) is 0 Å². The third-order valence-corrected chi connectivity index (χ3v) is 3.02. The van der Waals surface area contributed by atoms with Crippen LogP contribution in [0, 0.1) is 0 Å². The van der Waals surface area contributed by atoms with E-state index in [0.29, 0.717) is 5.02 Å². The number of rotatable bonds is 5. The predicted molar refractivity (Wildman–Crippen MR) is 70.5 cm³/mol. The van der Waals surface area contributed by atoms with Crippen LogP contribution in [0.1, 0.15) is 31.1 Å². The Kier molecular flexibility index (Phi) is 4.28. The zero-order valence-corrected chi connectivity index (χ0v) is 11.2. The minimum absolute atomic E-state index is 0.0360. The van der Waals surface area contributed by atoms with Crippen LogP contribution in [-0.2, 0) is 6.54 Å². The van der Waals surface area contributed by atoms with Gasteiger partial charge in [-0.05, 0) is 13.5 Å². The Morgan fingerprint density at radius 1 is 1.28 bits per heavy atom. The van der Waals surface area contributed by atoms with Crippen molar-refractivity contribution in [2.45, 2.75) is 26.4 Å². The average Bonchev–Trinajstić information content (AvgIpc) is 2.78. The number of halogens is 1. The highest BCUT2D eigenvalue weighted by molar-refractivity contribution is 6.31. The van der Waals surface area contributed by atoms with E-state index < -0.39 is 0 Å². The topological polar surface area (TPSA) is 55.6 Å². The molecule has 0 aliphatic heterocycles. The van der Waals surface area contributed by atoms with Crippen molar-refractivity contribution >= 4 is 11.6 Å². The smallest absolute Gasteiger partial charge is 0.115 e. The lowest BCUT2D eigenvalue weighted by molar-refractivity contribution is 0.540. The van der Waals surface area contributed by atoms with Crippen LogP contribution in [0.15, 0.2) is 24.9 Å². The van der Waals surface area contributed by atoms with E-state index in [9.17, 15) is 0 Å². The lowest BCUT2D eigenvalue weighted by Crippen LogP contribution is -2.25. The van der Waals surface area contributed by atoms with E-state index in [2.05, 4.69) is 27.3 Å². The van der Waals surface area contributed by atoms with Crippen LogP contribution in [0.25, 0.3) is 0 Å². The van der Waals surface area contributed by atoms with Gasteiger partial charge in [-0.1, -0.05) is 18.5 Å². The van der Waals surface area contributed by atoms with Gasteiger partial charge in [0.2, 0.25) is 0 Å². The molecule has 2 heterocycles. The maximum Gasteiger partial charge on any atom is 0.115 e. The van der Waals surface area contributed by atoms with Gasteiger partial charge in [0.05, 0.1) is 23.0 Å². The van der Waals surface area contributed by atoms with Crippen molar-refractivity contribution in [2.75, 3.05) is 6.54 Å². The summed E-state index contributed by atoms with van der Waals surface area (Å²) in [5.41, 5.74) is 1.94. The third kappa shape index (κ3) is 2.52. The molecule has 96 valence electrons. The zero-order valence-electron chi connectivity index (χ0n) is 10.5. The number of aromatic nitrogens is 4. The monoisotopic (exact) mass is 265 g/mol. The van der Waals surface area contributed by atoms with E-state index in [4.69, 9.17) is 11.6 Å². The third-order valence-electron chi connectivity index (χ3n) is 2.73. The summed E-state index contributed by atoms with van der Waals surface area (Å²) in [5, 5.41) is 8.32. The Labute approximate surface area is 111 Å². The van der Waals surface area contributed by atoms with Crippen molar-refractivity contribution in [3.8, 4) is 0 Å². The van der Waals surface area contributed by atoms with Crippen molar-refractivity contribution in [2.24, 2.45) is 0 Å². The number of hydrogen-bond acceptors (Lipinski definition) is 4. The van der Waals surface area contributed by atoms with Gasteiger partial charge >= 0.3 is 0 Å². The van der Waals surface area contributed by atoms with Crippen molar-refractivity contribution in [1.29, 1.82) is 0 Å². The van der Waals surface area contributed by atoms with Crippen LogP contribution in [-0.4, -0.2) is 26.3 Å². The molecule has 1 atom stereocenters. The second-order valence-electron chi connectivity index (χ2n) is 3.86. The first-order valence-electron chi connectivity index (χ1n) is 5.97. The van der Waals surface area contributed by atoms with Crippen molar-refractivity contribution < 1.29 is 0 Å². The van der Waals surface area contributed by atoms with Gasteiger partial charge in [0, 0.05) is 24.5 Å². The molecule has 0 aliphatic rings. The van der Waals surface area contributed by atoms with Gasteiger partial charge in [-0.15, -0.1) is 0 Å². The van der Waals surface area contributed by atoms with Crippen molar-refractivity contribution in [3.63, 3.8) is 0 Å². The van der Waals surface area contributed by atoms with Gasteiger partial charge in [0.15, 0.2) is 0 Å². The lowest BCUT2D eigenvalue weighted by atomic mass is 10.1. The summed E-state index contributed by atoms with van der Waals surface area (Å²) in [7, 11) is 0. The molecule has 0 bridgehead atoms. The van der Waals surface area contributed by atoms with Crippen molar-refractivity contribution in [1.82, 2.24) is 25.1 Å². The second-order valence-corrected chi connectivity index (χ2v) is 4.26. The molecule has 1 unspecified atom stereocenters. The van der Waals surface area contributed by atoms with Crippen LogP contribution in [0.3, 0.4) is 0 Å². The molecule has 0 spiro atoms. The molecule has 6 heteroatoms. The second kappa shape index (κ2) is 5.93. The molecular weight excluding hydrogens is 250 g/mol. The van der Waals surface area contributed by atoms with Gasteiger partial charge in [-0.3, -0.25) is 4.68 Å². The summed E-state index contributed by atoms with van der Waals surface area (Å²) < 4.78 is 1.89. The Morgan fingerprint density at radius 2 is 2.00 bits per heavy atom. The molecule has 0 saturated carbocycles. The summed E-state index contributed by atoms with van der Waals surface area (Å²) in [6.07, 6.45) is 6.78. The Hall–Kier alpha value is -1.46. The first-order chi connectivity index (χ1) is 8.77. The maximum atomic E-state index is 6.24. The molecule has 2 rings (SSSR count). The molecule has 1 N–H and O–H groups in total. The summed E-state index contributed by atoms with van der Waals surface area (Å²) in [6, 6.07) is -0.0360. The number of aryl methyl sites for hydroxylation is 1.